The van der Waals surface area contributed by atoms with Gasteiger partial charge in [0.1, 0.15) is 0 Å². The van der Waals surface area contributed by atoms with Gasteiger partial charge in [0.15, 0.2) is 22.2 Å². The maximum absolute atomic E-state index is 12.4. The number of hydrogen-bond acceptors (Lipinski definition) is 3. The first-order valence-electron chi connectivity index (χ1n) is 5.98. The molecule has 92 valence electrons. The summed E-state index contributed by atoms with van der Waals surface area (Å²) < 4.78 is 0. The fraction of sp³-hybridized carbons (Fsp3) is 0.357. The molecule has 0 aliphatic heterocycles. The van der Waals surface area contributed by atoms with Gasteiger partial charge in [-0.2, -0.15) is 0 Å². The van der Waals surface area contributed by atoms with Gasteiger partial charge in [-0.1, -0.05) is 13.3 Å². The summed E-state index contributed by atoms with van der Waals surface area (Å²) >= 11 is 6.34. The number of halogens is 1. The van der Waals surface area contributed by atoms with Gasteiger partial charge in [0, 0.05) is 16.7 Å². The van der Waals surface area contributed by atoms with E-state index < -0.39 is 22.4 Å². The number of ketones is 3. The number of fused-ring (bicyclic) bond motifs is 1. The van der Waals surface area contributed by atoms with Crippen LogP contribution in [0.3, 0.4) is 0 Å². The van der Waals surface area contributed by atoms with E-state index in [0.29, 0.717) is 29.5 Å². The summed E-state index contributed by atoms with van der Waals surface area (Å²) in [6.07, 6.45) is 1.15. The van der Waals surface area contributed by atoms with Gasteiger partial charge >= 0.3 is 0 Å². The largest absolute Gasteiger partial charge is 0.294 e. The van der Waals surface area contributed by atoms with Crippen LogP contribution in [0.25, 0.3) is 0 Å². The van der Waals surface area contributed by atoms with E-state index in [0.717, 1.165) is 0 Å². The Balaban J connectivity index is 2.33. The molecule has 0 saturated heterocycles. The van der Waals surface area contributed by atoms with Crippen LogP contribution in [0.2, 0.25) is 0 Å². The van der Waals surface area contributed by atoms with E-state index in [1.54, 1.807) is 12.1 Å². The minimum Gasteiger partial charge on any atom is -0.294 e. The third-order valence-corrected chi connectivity index (χ3v) is 4.38. The van der Waals surface area contributed by atoms with Crippen molar-refractivity contribution >= 4 is 29.0 Å². The highest BCUT2D eigenvalue weighted by atomic mass is 35.5. The number of carbonyl (C=O) groups excluding carboxylic acids is 3. The van der Waals surface area contributed by atoms with Crippen molar-refractivity contribution < 1.29 is 14.4 Å². The minimum atomic E-state index is -1.71. The SMILES string of the molecule is CCCC1C(=O)c2cc3cc(c2)C(=O)C1(Cl)C3=O. The lowest BCUT2D eigenvalue weighted by molar-refractivity contribution is 0.0711. The fourth-order valence-electron chi connectivity index (χ4n) is 2.87. The Labute approximate surface area is 109 Å². The smallest absolute Gasteiger partial charge is 0.192 e. The molecule has 4 bridgehead atoms. The zero-order valence-electron chi connectivity index (χ0n) is 9.83. The molecule has 0 fully saturated rings. The summed E-state index contributed by atoms with van der Waals surface area (Å²) in [4.78, 5) is 35.3. The summed E-state index contributed by atoms with van der Waals surface area (Å²) in [6, 6.07) is 4.62. The molecule has 0 amide bonds. The lowest BCUT2D eigenvalue weighted by Gasteiger charge is -2.31. The molecule has 0 saturated carbocycles. The molecule has 0 heterocycles. The fourth-order valence-corrected chi connectivity index (χ4v) is 3.30. The predicted octanol–water partition coefficient (Wildman–Crippen LogP) is 2.66. The zero-order valence-corrected chi connectivity index (χ0v) is 10.6. The molecule has 3 aliphatic carbocycles. The van der Waals surface area contributed by atoms with Crippen LogP contribution in [0.1, 0.15) is 50.8 Å². The van der Waals surface area contributed by atoms with Crippen molar-refractivity contribution in [3.05, 3.63) is 34.9 Å². The molecule has 0 radical (unpaired) electrons. The minimum absolute atomic E-state index is 0.188. The quantitative estimate of drug-likeness (QED) is 0.608. The number of rotatable bonds is 2. The summed E-state index contributed by atoms with van der Waals surface area (Å²) in [6.45, 7) is 1.91. The summed E-state index contributed by atoms with van der Waals surface area (Å²) in [5.74, 6) is -1.78. The first-order valence-corrected chi connectivity index (χ1v) is 6.35. The zero-order chi connectivity index (χ0) is 13.1. The first-order chi connectivity index (χ1) is 8.50. The van der Waals surface area contributed by atoms with Crippen LogP contribution < -0.4 is 0 Å². The molecule has 0 aromatic heterocycles. The van der Waals surface area contributed by atoms with E-state index >= 15 is 0 Å². The predicted molar refractivity (Wildman–Crippen MR) is 66.4 cm³/mol. The second kappa shape index (κ2) is 3.51. The highest BCUT2D eigenvalue weighted by molar-refractivity contribution is 6.54. The molecular formula is C14H11ClO3. The van der Waals surface area contributed by atoms with Crippen LogP contribution in [-0.2, 0) is 0 Å². The molecular weight excluding hydrogens is 252 g/mol. The van der Waals surface area contributed by atoms with Crippen LogP contribution in [0.15, 0.2) is 18.2 Å². The Morgan fingerprint density at radius 1 is 1.06 bits per heavy atom. The van der Waals surface area contributed by atoms with Crippen molar-refractivity contribution in [2.45, 2.75) is 24.6 Å². The Kier molecular flexibility index (Phi) is 2.26. The van der Waals surface area contributed by atoms with E-state index in [9.17, 15) is 14.4 Å². The van der Waals surface area contributed by atoms with Crippen LogP contribution in [-0.4, -0.2) is 22.2 Å². The van der Waals surface area contributed by atoms with Crippen molar-refractivity contribution in [3.8, 4) is 0 Å². The van der Waals surface area contributed by atoms with Crippen molar-refractivity contribution in [2.75, 3.05) is 0 Å². The van der Waals surface area contributed by atoms with Gasteiger partial charge < -0.3 is 0 Å². The van der Waals surface area contributed by atoms with Crippen molar-refractivity contribution in [1.29, 1.82) is 0 Å². The third-order valence-electron chi connectivity index (χ3n) is 3.78. The Morgan fingerprint density at radius 2 is 1.56 bits per heavy atom. The Morgan fingerprint density at radius 3 is 2.06 bits per heavy atom. The highest BCUT2D eigenvalue weighted by Crippen LogP contribution is 2.44. The average Bonchev–Trinajstić information content (AvgIpc) is 2.46. The molecule has 4 heteroatoms. The second-order valence-electron chi connectivity index (χ2n) is 4.87. The van der Waals surface area contributed by atoms with E-state index in [1.807, 2.05) is 6.92 Å². The molecule has 1 aromatic rings. The maximum atomic E-state index is 12.4. The van der Waals surface area contributed by atoms with E-state index in [2.05, 4.69) is 0 Å². The van der Waals surface area contributed by atoms with Gasteiger partial charge in [-0.25, -0.2) is 0 Å². The van der Waals surface area contributed by atoms with Crippen LogP contribution in [0, 0.1) is 5.92 Å². The monoisotopic (exact) mass is 262 g/mol. The van der Waals surface area contributed by atoms with Gasteiger partial charge in [0.25, 0.3) is 0 Å². The lowest BCUT2D eigenvalue weighted by atomic mass is 9.76. The Bertz CT molecular complexity index is 569. The molecule has 1 unspecified atom stereocenters. The van der Waals surface area contributed by atoms with Gasteiger partial charge in [0.2, 0.25) is 0 Å². The van der Waals surface area contributed by atoms with E-state index in [1.165, 1.54) is 6.07 Å². The van der Waals surface area contributed by atoms with E-state index in [4.69, 9.17) is 11.6 Å². The first kappa shape index (κ1) is 11.6. The van der Waals surface area contributed by atoms with Crippen LogP contribution >= 0.6 is 11.6 Å². The molecule has 0 N–H and O–H groups in total. The van der Waals surface area contributed by atoms with Gasteiger partial charge in [-0.05, 0) is 24.6 Å². The molecule has 18 heavy (non-hydrogen) atoms. The normalized spacial score (nSPS) is 29.0. The Hall–Kier alpha value is -1.48. The summed E-state index contributed by atoms with van der Waals surface area (Å²) in [7, 11) is 0. The molecule has 1 aromatic carbocycles. The lowest BCUT2D eigenvalue weighted by Crippen LogP contribution is -2.50. The van der Waals surface area contributed by atoms with Crippen LogP contribution in [0.5, 0.6) is 0 Å². The van der Waals surface area contributed by atoms with Crippen molar-refractivity contribution in [2.24, 2.45) is 5.92 Å². The maximum Gasteiger partial charge on any atom is 0.192 e. The number of alkyl halides is 1. The number of carbonyl (C=O) groups is 3. The number of benzene rings is 1. The standard InChI is InChI=1S/C14H11ClO3/c1-2-3-10-11(16)7-4-8-6-9(5-7)13(18)14(10,15)12(8)17/h4-6,10H,2-3H2,1H3. The van der Waals surface area contributed by atoms with E-state index in [-0.39, 0.29) is 5.78 Å². The van der Waals surface area contributed by atoms with Gasteiger partial charge in [-0.3, -0.25) is 14.4 Å². The molecule has 0 spiro atoms. The summed E-state index contributed by atoms with van der Waals surface area (Å²) in [5.41, 5.74) is 1.19. The van der Waals surface area contributed by atoms with Crippen molar-refractivity contribution in [1.82, 2.24) is 0 Å². The average molecular weight is 263 g/mol. The number of Topliss-reactive ketones (excluding diaryl/α,β-unsaturated/α-hetero) is 3. The molecule has 3 nitrogen and oxygen atoms in total. The second-order valence-corrected chi connectivity index (χ2v) is 5.47. The highest BCUT2D eigenvalue weighted by Gasteiger charge is 2.57. The molecule has 4 rings (SSSR count). The van der Waals surface area contributed by atoms with Gasteiger partial charge in [-0.15, -0.1) is 11.6 Å². The summed E-state index contributed by atoms with van der Waals surface area (Å²) in [5, 5.41) is 0. The van der Waals surface area contributed by atoms with Crippen LogP contribution in [0.4, 0.5) is 0 Å². The molecule has 1 atom stereocenters. The third kappa shape index (κ3) is 1.18. The molecule has 3 aliphatic rings. The number of hydrogen-bond donors (Lipinski definition) is 0. The van der Waals surface area contributed by atoms with Crippen molar-refractivity contribution in [3.63, 3.8) is 0 Å². The van der Waals surface area contributed by atoms with Gasteiger partial charge in [0.05, 0.1) is 5.92 Å². The topological polar surface area (TPSA) is 51.2 Å².